The summed E-state index contributed by atoms with van der Waals surface area (Å²) in [5.41, 5.74) is 7.91. The van der Waals surface area contributed by atoms with E-state index < -0.39 is 6.04 Å². The van der Waals surface area contributed by atoms with Crippen molar-refractivity contribution in [1.29, 1.82) is 0 Å². The molecule has 1 aliphatic rings. The molecule has 0 saturated carbocycles. The number of carbonyl (C=O) groups excluding carboxylic acids is 1. The molecule has 3 aromatic carbocycles. The highest BCUT2D eigenvalue weighted by Gasteiger charge is 2.34. The number of hydrogen-bond acceptors (Lipinski definition) is 7. The smallest absolute Gasteiger partial charge is 0.227 e. The number of carbonyl (C=O) groups is 1. The van der Waals surface area contributed by atoms with Crippen molar-refractivity contribution < 1.29 is 14.3 Å². The van der Waals surface area contributed by atoms with Crippen molar-refractivity contribution in [3.8, 4) is 11.5 Å². The minimum absolute atomic E-state index is 0.0583. The third-order valence-electron chi connectivity index (χ3n) is 7.42. The molecule has 42 heavy (non-hydrogen) atoms. The molecule has 0 fully saturated rings. The van der Waals surface area contributed by atoms with Crippen LogP contribution < -0.4 is 14.8 Å². The van der Waals surface area contributed by atoms with Crippen molar-refractivity contribution in [2.45, 2.75) is 58.2 Å². The fourth-order valence-electron chi connectivity index (χ4n) is 5.08. The number of fused-ring (bicyclic) bond motifs is 1. The first kappa shape index (κ1) is 30.2. The van der Waals surface area contributed by atoms with Crippen LogP contribution in [-0.4, -0.2) is 27.7 Å². The summed E-state index contributed by atoms with van der Waals surface area (Å²) in [6, 6.07) is 15.4. The fourth-order valence-corrected chi connectivity index (χ4v) is 6.77. The number of Topliss-reactive ketones (excluding diaryl/α,β-unsaturated/α-hetero) is 1. The van der Waals surface area contributed by atoms with Gasteiger partial charge in [0.1, 0.15) is 12.6 Å². The summed E-state index contributed by atoms with van der Waals surface area (Å²) in [7, 11) is 1.61. The van der Waals surface area contributed by atoms with Crippen LogP contribution in [0.2, 0.25) is 5.02 Å². The largest absolute Gasteiger partial charge is 0.493 e. The molecule has 1 aromatic heterocycles. The van der Waals surface area contributed by atoms with E-state index in [1.165, 1.54) is 28.5 Å². The van der Waals surface area contributed by atoms with Gasteiger partial charge in [-0.15, -0.1) is 5.10 Å². The Kier molecular flexibility index (Phi) is 9.01. The van der Waals surface area contributed by atoms with Crippen LogP contribution in [0.4, 0.5) is 5.95 Å². The van der Waals surface area contributed by atoms with Crippen LogP contribution in [0.3, 0.4) is 0 Å². The predicted molar refractivity (Wildman–Crippen MR) is 172 cm³/mol. The average Bonchev–Trinajstić information content (AvgIpc) is 3.35. The number of hydrogen-bond donors (Lipinski definition) is 1. The van der Waals surface area contributed by atoms with E-state index >= 15 is 0 Å². The second-order valence-corrected chi connectivity index (χ2v) is 12.6. The van der Waals surface area contributed by atoms with E-state index in [9.17, 15) is 4.79 Å². The zero-order valence-electron chi connectivity index (χ0n) is 24.3. The molecule has 0 aliphatic carbocycles. The van der Waals surface area contributed by atoms with Crippen molar-refractivity contribution in [3.05, 3.63) is 103 Å². The van der Waals surface area contributed by atoms with E-state index in [1.54, 1.807) is 18.7 Å². The molecule has 1 unspecified atom stereocenters. The SMILES string of the molecule is COc1cc(C2C(C(C)=O)=C(C)Nc3nc(SCc4ccccc4Cl)nn32)cc(Br)c1OCc1cc(C)c(C)cc1C. The lowest BCUT2D eigenvalue weighted by molar-refractivity contribution is -0.114. The van der Waals surface area contributed by atoms with Gasteiger partial charge in [-0.2, -0.15) is 4.98 Å². The van der Waals surface area contributed by atoms with Gasteiger partial charge in [0.05, 0.1) is 11.6 Å². The van der Waals surface area contributed by atoms with E-state index in [0.717, 1.165) is 22.4 Å². The lowest BCUT2D eigenvalue weighted by Gasteiger charge is -2.28. The number of nitrogens with zero attached hydrogens (tertiary/aromatic N) is 3. The Bertz CT molecular complexity index is 1720. The molecule has 0 amide bonds. The lowest BCUT2D eigenvalue weighted by Crippen LogP contribution is -2.28. The molecule has 0 radical (unpaired) electrons. The van der Waals surface area contributed by atoms with Crippen LogP contribution in [0.5, 0.6) is 11.5 Å². The topological polar surface area (TPSA) is 78.3 Å². The summed E-state index contributed by atoms with van der Waals surface area (Å²) in [5, 5.41) is 9.37. The molecule has 5 rings (SSSR count). The van der Waals surface area contributed by atoms with Crippen molar-refractivity contribution in [2.24, 2.45) is 0 Å². The van der Waals surface area contributed by atoms with Crippen LogP contribution >= 0.6 is 39.3 Å². The molecule has 1 atom stereocenters. The molecule has 0 spiro atoms. The molecular formula is C32H32BrClN4O3S. The predicted octanol–water partition coefficient (Wildman–Crippen LogP) is 8.38. The Morgan fingerprint density at radius 2 is 1.81 bits per heavy atom. The summed E-state index contributed by atoms with van der Waals surface area (Å²) in [5.74, 6) is 2.26. The van der Waals surface area contributed by atoms with Gasteiger partial charge in [0.15, 0.2) is 17.3 Å². The minimum atomic E-state index is -0.512. The highest BCUT2D eigenvalue weighted by molar-refractivity contribution is 9.10. The van der Waals surface area contributed by atoms with E-state index in [-0.39, 0.29) is 5.78 Å². The molecule has 7 nitrogen and oxygen atoms in total. The first-order valence-corrected chi connectivity index (χ1v) is 15.6. The van der Waals surface area contributed by atoms with Gasteiger partial charge in [0.25, 0.3) is 0 Å². The maximum Gasteiger partial charge on any atom is 0.227 e. The number of rotatable bonds is 9. The molecule has 1 aliphatic heterocycles. The summed E-state index contributed by atoms with van der Waals surface area (Å²) in [6.07, 6.45) is 0. The summed E-state index contributed by atoms with van der Waals surface area (Å²) >= 11 is 11.6. The monoisotopic (exact) mass is 666 g/mol. The molecule has 0 saturated heterocycles. The Hall–Kier alpha value is -3.27. The Labute approximate surface area is 263 Å². The van der Waals surface area contributed by atoms with Gasteiger partial charge in [0, 0.05) is 22.0 Å². The average molecular weight is 668 g/mol. The number of thioether (sulfide) groups is 1. The van der Waals surface area contributed by atoms with Crippen molar-refractivity contribution in [3.63, 3.8) is 0 Å². The van der Waals surface area contributed by atoms with E-state index in [0.29, 0.717) is 50.0 Å². The van der Waals surface area contributed by atoms with Crippen LogP contribution in [-0.2, 0) is 17.2 Å². The van der Waals surface area contributed by atoms with Crippen LogP contribution in [0.1, 0.15) is 53.3 Å². The van der Waals surface area contributed by atoms with Gasteiger partial charge in [-0.25, -0.2) is 4.68 Å². The number of allylic oxidation sites excluding steroid dienone is 2. The third kappa shape index (κ3) is 6.09. The zero-order valence-corrected chi connectivity index (χ0v) is 27.5. The van der Waals surface area contributed by atoms with E-state index in [1.807, 2.05) is 43.3 Å². The van der Waals surface area contributed by atoms with Gasteiger partial charge in [-0.3, -0.25) is 4.79 Å². The second kappa shape index (κ2) is 12.5. The first-order valence-electron chi connectivity index (χ1n) is 13.5. The Morgan fingerprint density at radius 3 is 2.52 bits per heavy atom. The van der Waals surface area contributed by atoms with Gasteiger partial charge in [-0.1, -0.05) is 53.7 Å². The van der Waals surface area contributed by atoms with E-state index in [4.69, 9.17) is 31.2 Å². The third-order valence-corrected chi connectivity index (χ3v) is 9.26. The molecule has 10 heteroatoms. The number of aromatic nitrogens is 3. The molecule has 2 heterocycles. The van der Waals surface area contributed by atoms with E-state index in [2.05, 4.69) is 54.2 Å². The Balaban J connectivity index is 1.49. The number of aryl methyl sites for hydroxylation is 3. The lowest BCUT2D eigenvalue weighted by atomic mass is 9.93. The number of halogens is 2. The number of nitrogens with one attached hydrogen (secondary N) is 1. The molecule has 4 aromatic rings. The van der Waals surface area contributed by atoms with Gasteiger partial charge < -0.3 is 14.8 Å². The number of methoxy groups -OCH3 is 1. The second-order valence-electron chi connectivity index (χ2n) is 10.4. The molecule has 218 valence electrons. The van der Waals surface area contributed by atoms with Gasteiger partial charge in [-0.05, 0) is 102 Å². The van der Waals surface area contributed by atoms with Crippen LogP contribution in [0.15, 0.2) is 69.4 Å². The van der Waals surface area contributed by atoms with Crippen molar-refractivity contribution in [2.75, 3.05) is 12.4 Å². The number of benzene rings is 3. The number of anilines is 1. The summed E-state index contributed by atoms with van der Waals surface area (Å²) in [6.45, 7) is 10.1. The van der Waals surface area contributed by atoms with Crippen molar-refractivity contribution >= 4 is 51.0 Å². The quantitative estimate of drug-likeness (QED) is 0.180. The standard InChI is InChI=1S/C32H32BrClN4O3S/c1-17-11-19(3)24(12-18(17)2)15-41-30-25(33)13-23(14-27(30)40-6)29-28(21(5)39)20(4)35-31-36-32(37-38(29)31)42-16-22-9-7-8-10-26(22)34/h7-14,29H,15-16H2,1-6H3,(H,35,36,37). The number of ether oxygens (including phenoxy) is 2. The first-order chi connectivity index (χ1) is 20.1. The molecule has 0 bridgehead atoms. The Morgan fingerprint density at radius 1 is 1.07 bits per heavy atom. The zero-order chi connectivity index (χ0) is 30.1. The van der Waals surface area contributed by atoms with Gasteiger partial charge >= 0.3 is 0 Å². The van der Waals surface area contributed by atoms with Crippen LogP contribution in [0, 0.1) is 20.8 Å². The fraction of sp³-hybridized carbons (Fsp3) is 0.281. The summed E-state index contributed by atoms with van der Waals surface area (Å²) < 4.78 is 14.6. The highest BCUT2D eigenvalue weighted by atomic mass is 79.9. The number of ketones is 1. The maximum absolute atomic E-state index is 13.0. The van der Waals surface area contributed by atoms with Gasteiger partial charge in [0.2, 0.25) is 11.1 Å². The summed E-state index contributed by atoms with van der Waals surface area (Å²) in [4.78, 5) is 17.7. The molecular weight excluding hydrogens is 636 g/mol. The minimum Gasteiger partial charge on any atom is -0.493 e. The molecule has 1 N–H and O–H groups in total. The van der Waals surface area contributed by atoms with Crippen molar-refractivity contribution in [1.82, 2.24) is 14.8 Å². The maximum atomic E-state index is 13.0. The van der Waals surface area contributed by atoms with Crippen LogP contribution in [0.25, 0.3) is 0 Å². The normalized spacial score (nSPS) is 14.4. The highest BCUT2D eigenvalue weighted by Crippen LogP contribution is 2.43.